The molecule has 3 aliphatic rings. The minimum absolute atomic E-state index is 0.0341. The molecular formula is C30H35N5O. The van der Waals surface area contributed by atoms with Gasteiger partial charge in [-0.2, -0.15) is 0 Å². The van der Waals surface area contributed by atoms with Gasteiger partial charge in [-0.15, -0.1) is 0 Å². The summed E-state index contributed by atoms with van der Waals surface area (Å²) in [5.41, 5.74) is 5.13. The summed E-state index contributed by atoms with van der Waals surface area (Å²) in [5, 5.41) is 6.55. The first kappa shape index (κ1) is 22.1. The molecule has 0 atom stereocenters. The maximum absolute atomic E-state index is 13.5. The lowest BCUT2D eigenvalue weighted by Gasteiger charge is -2.38. The van der Waals surface area contributed by atoms with Crippen LogP contribution in [0.4, 0.5) is 5.69 Å². The highest BCUT2D eigenvalue weighted by molar-refractivity contribution is 5.92. The molecule has 1 aromatic carbocycles. The highest BCUT2D eigenvalue weighted by Gasteiger charge is 2.43. The third-order valence-corrected chi connectivity index (χ3v) is 9.14. The molecule has 1 spiro atoms. The third-order valence-electron chi connectivity index (χ3n) is 9.14. The number of benzene rings is 1. The van der Waals surface area contributed by atoms with E-state index in [2.05, 4.69) is 50.5 Å². The van der Waals surface area contributed by atoms with E-state index in [1.54, 1.807) is 6.20 Å². The second-order valence-electron chi connectivity index (χ2n) is 11.5. The Morgan fingerprint density at radius 3 is 2.75 bits per heavy atom. The highest BCUT2D eigenvalue weighted by Crippen LogP contribution is 2.49. The van der Waals surface area contributed by atoms with Crippen LogP contribution < -0.4 is 15.8 Å². The average Bonchev–Trinajstić information content (AvgIpc) is 3.46. The maximum Gasteiger partial charge on any atom is 0.260 e. The van der Waals surface area contributed by atoms with Gasteiger partial charge in [-0.1, -0.05) is 25.0 Å². The molecule has 0 unspecified atom stereocenters. The van der Waals surface area contributed by atoms with Crippen LogP contribution in [0.15, 0.2) is 53.7 Å². The second kappa shape index (κ2) is 8.77. The lowest BCUT2D eigenvalue weighted by molar-refractivity contribution is 0.165. The molecule has 4 aromatic rings. The van der Waals surface area contributed by atoms with Crippen LogP contribution in [0.1, 0.15) is 56.2 Å². The number of anilines is 1. The molecule has 7 rings (SSSR count). The van der Waals surface area contributed by atoms with Crippen LogP contribution in [-0.4, -0.2) is 34.2 Å². The topological polar surface area (TPSA) is 66.0 Å². The number of fused-ring (bicyclic) bond motifs is 2. The molecule has 186 valence electrons. The molecule has 0 bridgehead atoms. The molecule has 0 radical (unpaired) electrons. The van der Waals surface area contributed by atoms with E-state index in [1.807, 2.05) is 17.0 Å². The first-order chi connectivity index (χ1) is 17.7. The molecule has 0 amide bonds. The van der Waals surface area contributed by atoms with Crippen molar-refractivity contribution in [1.29, 1.82) is 0 Å². The van der Waals surface area contributed by atoms with E-state index in [0.29, 0.717) is 17.3 Å². The van der Waals surface area contributed by atoms with Crippen molar-refractivity contribution < 1.29 is 0 Å². The van der Waals surface area contributed by atoms with Crippen LogP contribution in [0, 0.1) is 11.3 Å². The van der Waals surface area contributed by atoms with Gasteiger partial charge in [-0.25, -0.2) is 0 Å². The van der Waals surface area contributed by atoms with Crippen molar-refractivity contribution in [1.82, 2.24) is 19.9 Å². The SMILES string of the molecule is O=c1c2cncc(N3CCC4(CCC4)C3)c2ccn1Cc1ccc2cc(CNCC3CCC3)[nH]c2c1. The molecule has 2 aliphatic carbocycles. The summed E-state index contributed by atoms with van der Waals surface area (Å²) in [6, 6.07) is 10.8. The van der Waals surface area contributed by atoms with E-state index in [9.17, 15) is 4.79 Å². The fourth-order valence-corrected chi connectivity index (χ4v) is 6.53. The van der Waals surface area contributed by atoms with Gasteiger partial charge in [0.15, 0.2) is 0 Å². The van der Waals surface area contributed by atoms with Crippen molar-refractivity contribution in [2.24, 2.45) is 11.3 Å². The number of nitrogens with one attached hydrogen (secondary N) is 2. The molecule has 36 heavy (non-hydrogen) atoms. The molecule has 3 fully saturated rings. The summed E-state index contributed by atoms with van der Waals surface area (Å²) in [6.45, 7) is 4.71. The Labute approximate surface area is 211 Å². The Bertz CT molecular complexity index is 1480. The van der Waals surface area contributed by atoms with Crippen LogP contribution >= 0.6 is 0 Å². The summed E-state index contributed by atoms with van der Waals surface area (Å²) < 4.78 is 1.82. The molecule has 2 saturated carbocycles. The zero-order valence-corrected chi connectivity index (χ0v) is 20.9. The van der Waals surface area contributed by atoms with Gasteiger partial charge in [-0.05, 0) is 79.1 Å². The molecule has 3 aromatic heterocycles. The quantitative estimate of drug-likeness (QED) is 0.381. The van der Waals surface area contributed by atoms with Gasteiger partial charge < -0.3 is 19.8 Å². The number of H-pyrrole nitrogens is 1. The van der Waals surface area contributed by atoms with Gasteiger partial charge in [-0.3, -0.25) is 9.78 Å². The summed E-state index contributed by atoms with van der Waals surface area (Å²) >= 11 is 0. The van der Waals surface area contributed by atoms with E-state index in [0.717, 1.165) is 54.3 Å². The normalized spacial score (nSPS) is 19.3. The number of rotatable bonds is 7. The van der Waals surface area contributed by atoms with Gasteiger partial charge in [0.1, 0.15) is 0 Å². The predicted molar refractivity (Wildman–Crippen MR) is 146 cm³/mol. The summed E-state index contributed by atoms with van der Waals surface area (Å²) in [6.07, 6.45) is 15.1. The van der Waals surface area contributed by atoms with Gasteiger partial charge in [0.2, 0.25) is 0 Å². The zero-order chi connectivity index (χ0) is 24.1. The fraction of sp³-hybridized carbons (Fsp3) is 0.467. The minimum atomic E-state index is 0.0341. The number of aromatic nitrogens is 3. The highest BCUT2D eigenvalue weighted by atomic mass is 16.1. The lowest BCUT2D eigenvalue weighted by atomic mass is 9.68. The van der Waals surface area contributed by atoms with Crippen LogP contribution in [0.5, 0.6) is 0 Å². The second-order valence-corrected chi connectivity index (χ2v) is 11.5. The Kier molecular flexibility index (Phi) is 5.38. The maximum atomic E-state index is 13.5. The van der Waals surface area contributed by atoms with Crippen LogP contribution in [-0.2, 0) is 13.1 Å². The Morgan fingerprint density at radius 2 is 1.97 bits per heavy atom. The number of pyridine rings is 2. The molecule has 6 heteroatoms. The zero-order valence-electron chi connectivity index (χ0n) is 20.9. The number of hydrogen-bond donors (Lipinski definition) is 2. The third kappa shape index (κ3) is 3.92. The average molecular weight is 482 g/mol. The molecule has 4 heterocycles. The number of nitrogens with zero attached hydrogens (tertiary/aromatic N) is 3. The van der Waals surface area contributed by atoms with Crippen molar-refractivity contribution >= 4 is 27.4 Å². The molecule has 6 nitrogen and oxygen atoms in total. The largest absolute Gasteiger partial charge is 0.369 e. The van der Waals surface area contributed by atoms with Crippen molar-refractivity contribution in [3.8, 4) is 0 Å². The molecule has 2 N–H and O–H groups in total. The van der Waals surface area contributed by atoms with Crippen molar-refractivity contribution in [3.05, 3.63) is 70.5 Å². The number of aromatic amines is 1. The van der Waals surface area contributed by atoms with Crippen LogP contribution in [0.25, 0.3) is 21.7 Å². The Hall–Kier alpha value is -3.12. The fourth-order valence-electron chi connectivity index (χ4n) is 6.53. The van der Waals surface area contributed by atoms with Gasteiger partial charge in [0, 0.05) is 48.6 Å². The van der Waals surface area contributed by atoms with Gasteiger partial charge in [0.25, 0.3) is 5.56 Å². The van der Waals surface area contributed by atoms with Crippen LogP contribution in [0.3, 0.4) is 0 Å². The van der Waals surface area contributed by atoms with Crippen molar-refractivity contribution in [2.75, 3.05) is 24.5 Å². The standard InChI is InChI=1S/C30H35N5O/c36-29-26-17-32-18-28(35-12-10-30(20-35)8-2-9-30)25(26)7-11-34(29)19-22-5-6-23-14-24(33-27(23)13-22)16-31-15-21-3-1-4-21/h5-7,11,13-14,17-18,21,31,33H,1-4,8-10,12,15-16,19-20H2. The van der Waals surface area contributed by atoms with E-state index >= 15 is 0 Å². The Balaban J connectivity index is 1.10. The summed E-state index contributed by atoms with van der Waals surface area (Å²) in [7, 11) is 0. The van der Waals surface area contributed by atoms with Crippen molar-refractivity contribution in [3.63, 3.8) is 0 Å². The number of hydrogen-bond acceptors (Lipinski definition) is 4. The van der Waals surface area contributed by atoms with Gasteiger partial charge in [0.05, 0.1) is 23.8 Å². The lowest BCUT2D eigenvalue weighted by Crippen LogP contribution is -2.33. The van der Waals surface area contributed by atoms with E-state index < -0.39 is 0 Å². The monoisotopic (exact) mass is 481 g/mol. The minimum Gasteiger partial charge on any atom is -0.369 e. The first-order valence-corrected chi connectivity index (χ1v) is 13.7. The van der Waals surface area contributed by atoms with Crippen LogP contribution in [0.2, 0.25) is 0 Å². The summed E-state index contributed by atoms with van der Waals surface area (Å²) in [4.78, 5) is 24.0. The predicted octanol–water partition coefficient (Wildman–Crippen LogP) is 5.20. The van der Waals surface area contributed by atoms with E-state index in [-0.39, 0.29) is 5.56 Å². The smallest absolute Gasteiger partial charge is 0.260 e. The molecule has 1 aliphatic heterocycles. The van der Waals surface area contributed by atoms with E-state index in [1.165, 1.54) is 56.0 Å². The van der Waals surface area contributed by atoms with Crippen molar-refractivity contribution in [2.45, 2.75) is 58.0 Å². The summed E-state index contributed by atoms with van der Waals surface area (Å²) in [5.74, 6) is 0.863. The van der Waals surface area contributed by atoms with E-state index in [4.69, 9.17) is 0 Å². The molecular weight excluding hydrogens is 446 g/mol. The van der Waals surface area contributed by atoms with Gasteiger partial charge >= 0.3 is 0 Å². The Morgan fingerprint density at radius 1 is 1.06 bits per heavy atom. The molecule has 1 saturated heterocycles. The first-order valence-electron chi connectivity index (χ1n) is 13.7.